The fraction of sp³-hybridized carbons (Fsp3) is 0.316. The van der Waals surface area contributed by atoms with E-state index < -0.39 is 28.4 Å². The average Bonchev–Trinajstić information content (AvgIpc) is 3.35. The zero-order valence-electron chi connectivity index (χ0n) is 18.7. The molecule has 4 rings (SSSR count). The van der Waals surface area contributed by atoms with Crippen molar-refractivity contribution in [1.29, 1.82) is 0 Å². The average molecular weight is 488 g/mol. The number of rotatable bonds is 6. The number of nitro benzene ring substituents is 2. The zero-order valence-corrected chi connectivity index (χ0v) is 17.7. The number of nitrogens with zero attached hydrogens (tertiary/aromatic N) is 2. The van der Waals surface area contributed by atoms with Crippen LogP contribution < -0.4 is 37.8 Å². The molecule has 0 aliphatic carbocycles. The summed E-state index contributed by atoms with van der Waals surface area (Å²) in [5, 5.41) is 29.7. The molecule has 15 heteroatoms. The van der Waals surface area contributed by atoms with E-state index in [-0.39, 0.29) is 67.8 Å². The number of benzene rings is 2. The molecule has 2 heterocycles. The number of carbonyl (C=O) groups is 1. The van der Waals surface area contributed by atoms with Gasteiger partial charge in [0.1, 0.15) is 6.42 Å². The number of nitro groups is 2. The summed E-state index contributed by atoms with van der Waals surface area (Å²) in [5.41, 5.74) is -0.131. The third kappa shape index (κ3) is 7.25. The number of methoxy groups -OCH3 is 1. The van der Waals surface area contributed by atoms with Crippen molar-refractivity contribution in [2.24, 2.45) is 0 Å². The van der Waals surface area contributed by atoms with Gasteiger partial charge in [0.05, 0.1) is 35.7 Å². The van der Waals surface area contributed by atoms with E-state index in [0.717, 1.165) is 0 Å². The van der Waals surface area contributed by atoms with Gasteiger partial charge in [0.25, 0.3) is 17.7 Å². The largest absolute Gasteiger partial charge is 1.00 e. The Hall–Kier alpha value is -3.00. The molecule has 2 unspecified atom stereocenters. The summed E-state index contributed by atoms with van der Waals surface area (Å²) in [5.74, 6) is 0.983. The molecule has 0 saturated heterocycles. The number of non-ortho nitro benzene ring substituents is 2. The topological polar surface area (TPSA) is 170 Å². The van der Waals surface area contributed by atoms with Crippen LogP contribution in [0.2, 0.25) is 0 Å². The molecule has 0 amide bonds. The van der Waals surface area contributed by atoms with Crippen LogP contribution in [0.25, 0.3) is 0 Å². The Morgan fingerprint density at radius 1 is 0.941 bits per heavy atom. The van der Waals surface area contributed by atoms with Crippen molar-refractivity contribution in [3.05, 3.63) is 56.6 Å². The number of aliphatic hydroxyl groups is 1. The van der Waals surface area contributed by atoms with Gasteiger partial charge in [-0.25, -0.2) is 0 Å². The van der Waals surface area contributed by atoms with E-state index in [1.165, 1.54) is 43.5 Å². The third-order valence-electron chi connectivity index (χ3n) is 4.24. The summed E-state index contributed by atoms with van der Waals surface area (Å²) < 4.78 is 25.5. The first-order valence-electron chi connectivity index (χ1n) is 9.22. The number of fused-ring (bicyclic) bond motifs is 2. The SMILES string of the molecule is COC(=O)CC1Oc2ccc([N+](=O)[O-])cc2O1.O=[N+]([O-])c1ccc2c(c1)OC(CCO)O2.[AlH3].[H-].[Li+]. The van der Waals surface area contributed by atoms with Crippen molar-refractivity contribution in [2.75, 3.05) is 13.7 Å². The molecule has 0 radical (unpaired) electrons. The van der Waals surface area contributed by atoms with E-state index in [1.807, 2.05) is 0 Å². The van der Waals surface area contributed by atoms with Gasteiger partial charge < -0.3 is 30.2 Å². The summed E-state index contributed by atoms with van der Waals surface area (Å²) in [7, 11) is 1.26. The van der Waals surface area contributed by atoms with E-state index >= 15 is 0 Å². The number of hydrogen-bond acceptors (Lipinski definition) is 11. The minimum Gasteiger partial charge on any atom is -1.00 e. The van der Waals surface area contributed by atoms with Gasteiger partial charge in [-0.2, -0.15) is 0 Å². The number of hydrogen-bond donors (Lipinski definition) is 1. The first-order chi connectivity index (χ1) is 15.3. The minimum absolute atomic E-state index is 0. The predicted octanol–water partition coefficient (Wildman–Crippen LogP) is -1.74. The second kappa shape index (κ2) is 13.0. The smallest absolute Gasteiger partial charge is 1.00 e. The van der Waals surface area contributed by atoms with Crippen molar-refractivity contribution in [3.8, 4) is 23.0 Å². The second-order valence-corrected chi connectivity index (χ2v) is 6.40. The summed E-state index contributed by atoms with van der Waals surface area (Å²) in [6.07, 6.45) is -1.08. The molecule has 0 saturated carbocycles. The maximum atomic E-state index is 11.0. The molecule has 0 fully saturated rings. The van der Waals surface area contributed by atoms with Gasteiger partial charge in [-0.15, -0.1) is 0 Å². The van der Waals surface area contributed by atoms with Crippen molar-refractivity contribution in [3.63, 3.8) is 0 Å². The fourth-order valence-corrected chi connectivity index (χ4v) is 2.74. The summed E-state index contributed by atoms with van der Waals surface area (Å²) in [6, 6.07) is 8.15. The standard InChI is InChI=1S/C10H9NO6.C9H9NO5.Al.Li.4H/c1-15-9(12)5-10-16-7-3-2-6(11(13)14)4-8(7)17-10;11-4-3-9-14-7-2-1-6(10(12)13)5-8(7)15-9;;;;;;/h2-4,10H,5H2,1H3;1-2,5,9,11H,3-4H2;;;;;;/q;;;+1;;;;-1. The number of aliphatic hydroxyl groups excluding tert-OH is 1. The first-order valence-corrected chi connectivity index (χ1v) is 9.22. The molecule has 0 aromatic heterocycles. The monoisotopic (exact) mass is 488 g/mol. The molecule has 2 aromatic rings. The van der Waals surface area contributed by atoms with Gasteiger partial charge >= 0.3 is 24.8 Å². The van der Waals surface area contributed by atoms with Crippen molar-refractivity contribution in [2.45, 2.75) is 25.4 Å². The Morgan fingerprint density at radius 2 is 1.38 bits per heavy atom. The van der Waals surface area contributed by atoms with Crippen molar-refractivity contribution in [1.82, 2.24) is 0 Å². The van der Waals surface area contributed by atoms with Crippen LogP contribution in [0.1, 0.15) is 14.3 Å². The maximum Gasteiger partial charge on any atom is 1.00 e. The van der Waals surface area contributed by atoms with Gasteiger partial charge in [-0.3, -0.25) is 25.0 Å². The van der Waals surface area contributed by atoms with Crippen LogP contribution in [-0.4, -0.2) is 64.6 Å². The number of ether oxygens (including phenoxy) is 5. The van der Waals surface area contributed by atoms with Crippen LogP contribution in [0.4, 0.5) is 11.4 Å². The van der Waals surface area contributed by atoms with Crippen molar-refractivity contribution >= 4 is 34.7 Å². The van der Waals surface area contributed by atoms with Crippen LogP contribution in [0.15, 0.2) is 36.4 Å². The van der Waals surface area contributed by atoms with Crippen LogP contribution in [0.3, 0.4) is 0 Å². The summed E-state index contributed by atoms with van der Waals surface area (Å²) in [6.45, 7) is -0.0548. The molecule has 34 heavy (non-hydrogen) atoms. The van der Waals surface area contributed by atoms with Crippen LogP contribution in [-0.2, 0) is 9.53 Å². The molecular formula is C19H22AlLiN2O11. The molecule has 13 nitrogen and oxygen atoms in total. The van der Waals surface area contributed by atoms with Gasteiger partial charge in [-0.05, 0) is 12.1 Å². The Balaban J connectivity index is 0.000000612. The Labute approximate surface area is 217 Å². The Morgan fingerprint density at radius 3 is 1.82 bits per heavy atom. The van der Waals surface area contributed by atoms with E-state index in [1.54, 1.807) is 0 Å². The van der Waals surface area contributed by atoms with E-state index in [2.05, 4.69) is 4.74 Å². The van der Waals surface area contributed by atoms with Gasteiger partial charge in [0.15, 0.2) is 40.4 Å². The molecule has 2 aromatic carbocycles. The molecular weight excluding hydrogens is 466 g/mol. The molecule has 0 bridgehead atoms. The second-order valence-electron chi connectivity index (χ2n) is 6.40. The minimum atomic E-state index is -0.792. The fourth-order valence-electron chi connectivity index (χ4n) is 2.74. The Bertz CT molecular complexity index is 1050. The van der Waals surface area contributed by atoms with Crippen LogP contribution in [0.5, 0.6) is 23.0 Å². The summed E-state index contributed by atoms with van der Waals surface area (Å²) in [4.78, 5) is 31.0. The van der Waals surface area contributed by atoms with Gasteiger partial charge in [0, 0.05) is 18.6 Å². The molecule has 0 spiro atoms. The maximum absolute atomic E-state index is 11.0. The quantitative estimate of drug-likeness (QED) is 0.212. The number of carbonyl (C=O) groups excluding carboxylic acids is 1. The third-order valence-corrected chi connectivity index (χ3v) is 4.24. The van der Waals surface area contributed by atoms with Crippen LogP contribution in [0, 0.1) is 20.2 Å². The predicted molar refractivity (Wildman–Crippen MR) is 116 cm³/mol. The molecule has 2 atom stereocenters. The number of esters is 1. The van der Waals surface area contributed by atoms with Gasteiger partial charge in [0.2, 0.25) is 6.29 Å². The van der Waals surface area contributed by atoms with E-state index in [4.69, 9.17) is 24.1 Å². The van der Waals surface area contributed by atoms with E-state index in [9.17, 15) is 25.0 Å². The molecule has 2 aliphatic rings. The van der Waals surface area contributed by atoms with Crippen molar-refractivity contribution < 1.29 is 63.7 Å². The molecule has 2 aliphatic heterocycles. The van der Waals surface area contributed by atoms with E-state index in [0.29, 0.717) is 23.7 Å². The zero-order chi connectivity index (χ0) is 23.3. The normalized spacial score (nSPS) is 16.2. The first kappa shape index (κ1) is 29.0. The molecule has 178 valence electrons. The summed E-state index contributed by atoms with van der Waals surface area (Å²) >= 11 is 0. The Kier molecular flexibility index (Phi) is 11.1. The van der Waals surface area contributed by atoms with Crippen LogP contribution >= 0.6 is 0 Å². The molecule has 1 N–H and O–H groups in total. The van der Waals surface area contributed by atoms with Gasteiger partial charge in [-0.1, -0.05) is 0 Å².